The number of anilines is 3. The van der Waals surface area contributed by atoms with Crippen LogP contribution in [0.3, 0.4) is 0 Å². The highest BCUT2D eigenvalue weighted by molar-refractivity contribution is 7.21. The fourth-order valence-electron chi connectivity index (χ4n) is 5.15. The van der Waals surface area contributed by atoms with Crippen LogP contribution in [0.1, 0.15) is 40.2 Å². The maximum absolute atomic E-state index is 13.5. The van der Waals surface area contributed by atoms with Crippen LogP contribution in [-0.4, -0.2) is 39.6 Å². The van der Waals surface area contributed by atoms with Crippen LogP contribution < -0.4 is 20.3 Å². The highest BCUT2D eigenvalue weighted by Gasteiger charge is 2.34. The molecule has 1 aromatic carbocycles. The van der Waals surface area contributed by atoms with Gasteiger partial charge >= 0.3 is 6.03 Å². The number of ether oxygens (including phenoxy) is 1. The van der Waals surface area contributed by atoms with Crippen LogP contribution in [0.15, 0.2) is 66.4 Å². The lowest BCUT2D eigenvalue weighted by atomic mass is 10.1. The molecule has 1 aliphatic heterocycles. The van der Waals surface area contributed by atoms with Crippen LogP contribution in [0.2, 0.25) is 0 Å². The first-order valence-electron chi connectivity index (χ1n) is 13.1. The third-order valence-corrected chi connectivity index (χ3v) is 8.20. The normalized spacial score (nSPS) is 17.0. The third kappa shape index (κ3) is 4.84. The Balaban J connectivity index is 1.34. The van der Waals surface area contributed by atoms with Crippen molar-refractivity contribution in [2.24, 2.45) is 4.99 Å². The van der Waals surface area contributed by atoms with Crippen LogP contribution in [0.5, 0.6) is 11.5 Å². The van der Waals surface area contributed by atoms with Crippen molar-refractivity contribution < 1.29 is 19.1 Å². The van der Waals surface area contributed by atoms with Crippen molar-refractivity contribution in [3.8, 4) is 11.5 Å². The summed E-state index contributed by atoms with van der Waals surface area (Å²) in [4.78, 5) is 54.3. The summed E-state index contributed by atoms with van der Waals surface area (Å²) in [5.74, 6) is 0.498. The van der Waals surface area contributed by atoms with Crippen molar-refractivity contribution in [3.63, 3.8) is 0 Å². The average molecular weight is 567 g/mol. The van der Waals surface area contributed by atoms with Gasteiger partial charge in [0, 0.05) is 18.1 Å². The molecule has 0 unspecified atom stereocenters. The lowest BCUT2D eigenvalue weighted by Crippen LogP contribution is -2.37. The molecule has 3 aromatic heterocycles. The molecule has 1 aliphatic carbocycles. The van der Waals surface area contributed by atoms with E-state index in [-0.39, 0.29) is 11.9 Å². The Morgan fingerprint density at radius 3 is 2.83 bits per heavy atom. The molecule has 6 rings (SSSR count). The third-order valence-electron chi connectivity index (χ3n) is 7.11. The predicted molar refractivity (Wildman–Crippen MR) is 159 cm³/mol. The summed E-state index contributed by atoms with van der Waals surface area (Å²) in [7, 11) is 0. The molecule has 0 saturated heterocycles. The van der Waals surface area contributed by atoms with Crippen molar-refractivity contribution in [2.45, 2.75) is 39.2 Å². The van der Waals surface area contributed by atoms with E-state index < -0.39 is 11.9 Å². The zero-order chi connectivity index (χ0) is 28.7. The molecular formula is C30H26N6O4S. The number of hydrogen-bond acceptors (Lipinski definition) is 7. The Morgan fingerprint density at radius 2 is 2.05 bits per heavy atom. The van der Waals surface area contributed by atoms with Gasteiger partial charge < -0.3 is 15.4 Å². The van der Waals surface area contributed by atoms with Gasteiger partial charge in [-0.2, -0.15) is 0 Å². The summed E-state index contributed by atoms with van der Waals surface area (Å²) >= 11 is 1.18. The number of urea groups is 1. The number of amides is 4. The number of nitrogens with zero attached hydrogens (tertiary/aromatic N) is 4. The highest BCUT2D eigenvalue weighted by Crippen LogP contribution is 2.46. The zero-order valence-corrected chi connectivity index (χ0v) is 23.2. The Kier molecular flexibility index (Phi) is 6.80. The number of hydrogen-bond donors (Lipinski definition) is 2. The molecule has 0 spiro atoms. The molecule has 2 N–H and O–H groups in total. The van der Waals surface area contributed by atoms with Gasteiger partial charge in [0.25, 0.3) is 5.91 Å². The number of aliphatic imine (C=N–C) groups is 1. The Labute approximate surface area is 239 Å². The Morgan fingerprint density at radius 1 is 1.20 bits per heavy atom. The van der Waals surface area contributed by atoms with Crippen LogP contribution in [-0.2, 0) is 4.79 Å². The SMILES string of the molecule is C=CC(=O)N[C@H]1CCCC1=NC(=O)c1sc2nccc3c2c1NC(=O)N3c1ccc(Oc2cccnc2C)cc1C. The van der Waals surface area contributed by atoms with Gasteiger partial charge in [0.1, 0.15) is 21.2 Å². The van der Waals surface area contributed by atoms with Gasteiger partial charge in [-0.1, -0.05) is 6.58 Å². The van der Waals surface area contributed by atoms with Crippen LogP contribution >= 0.6 is 11.3 Å². The standard InChI is InChI=1S/C30H26N6O4S/c1-4-24(37)33-19-7-5-8-20(19)34-28(38)27-26-25-22(12-14-32-29(25)41-27)36(30(39)35-26)21-11-10-18(15-16(21)2)40-23-9-6-13-31-17(23)3/h4,6,9-15,19H,1,5,7-8H2,2-3H3,(H,33,37)(H,35,39)/t19-/m0/s1. The number of aromatic nitrogens is 2. The van der Waals surface area contributed by atoms with E-state index in [2.05, 4.69) is 32.2 Å². The second-order valence-corrected chi connectivity index (χ2v) is 10.8. The van der Waals surface area contributed by atoms with E-state index >= 15 is 0 Å². The maximum atomic E-state index is 13.5. The average Bonchev–Trinajstić information content (AvgIpc) is 3.55. The van der Waals surface area contributed by atoms with Crippen molar-refractivity contribution in [2.75, 3.05) is 10.2 Å². The first kappa shape index (κ1) is 26.3. The molecule has 1 saturated carbocycles. The van der Waals surface area contributed by atoms with Crippen molar-refractivity contribution in [1.82, 2.24) is 15.3 Å². The van der Waals surface area contributed by atoms with Gasteiger partial charge in [-0.3, -0.25) is 19.5 Å². The van der Waals surface area contributed by atoms with E-state index in [1.165, 1.54) is 17.4 Å². The first-order valence-corrected chi connectivity index (χ1v) is 13.9. The molecule has 1 fully saturated rings. The topological polar surface area (TPSA) is 126 Å². The summed E-state index contributed by atoms with van der Waals surface area (Å²) in [6, 6.07) is 10.2. The molecule has 0 radical (unpaired) electrons. The molecule has 4 amide bonds. The number of carbonyl (C=O) groups excluding carboxylic acids is 3. The van der Waals surface area contributed by atoms with Crippen LogP contribution in [0.25, 0.3) is 10.2 Å². The van der Waals surface area contributed by atoms with E-state index in [0.29, 0.717) is 62.2 Å². The molecular weight excluding hydrogens is 540 g/mol. The fraction of sp³-hybridized carbons (Fsp3) is 0.200. The molecule has 206 valence electrons. The van der Waals surface area contributed by atoms with Gasteiger partial charge in [0.15, 0.2) is 0 Å². The second-order valence-electron chi connectivity index (χ2n) is 9.79. The highest BCUT2D eigenvalue weighted by atomic mass is 32.1. The minimum atomic E-state index is -0.471. The van der Waals surface area contributed by atoms with E-state index in [1.807, 2.05) is 38.1 Å². The number of pyridine rings is 2. The number of benzene rings is 1. The van der Waals surface area contributed by atoms with Gasteiger partial charge in [-0.05, 0) is 81.1 Å². The first-order chi connectivity index (χ1) is 19.8. The summed E-state index contributed by atoms with van der Waals surface area (Å²) in [5.41, 5.74) is 3.90. The number of rotatable bonds is 6. The number of aryl methyl sites for hydroxylation is 2. The van der Waals surface area contributed by atoms with Gasteiger partial charge in [-0.25, -0.2) is 14.8 Å². The largest absolute Gasteiger partial charge is 0.455 e. The summed E-state index contributed by atoms with van der Waals surface area (Å²) in [6.07, 6.45) is 6.66. The summed E-state index contributed by atoms with van der Waals surface area (Å²) in [5, 5.41) is 6.42. The van der Waals surface area contributed by atoms with E-state index in [0.717, 1.165) is 17.7 Å². The quantitative estimate of drug-likeness (QED) is 0.267. The molecule has 4 heterocycles. The number of thiophene rings is 1. The van der Waals surface area contributed by atoms with Crippen molar-refractivity contribution >= 4 is 62.2 Å². The Bertz CT molecular complexity index is 1780. The second kappa shape index (κ2) is 10.6. The monoisotopic (exact) mass is 566 g/mol. The predicted octanol–water partition coefficient (Wildman–Crippen LogP) is 6.22. The van der Waals surface area contributed by atoms with E-state index in [4.69, 9.17) is 4.74 Å². The minimum Gasteiger partial charge on any atom is -0.455 e. The molecule has 4 aromatic rings. The number of carbonyl (C=O) groups is 3. The molecule has 10 nitrogen and oxygen atoms in total. The maximum Gasteiger partial charge on any atom is 0.331 e. The summed E-state index contributed by atoms with van der Waals surface area (Å²) in [6.45, 7) is 7.26. The van der Waals surface area contributed by atoms with Crippen molar-refractivity contribution in [1.29, 1.82) is 0 Å². The van der Waals surface area contributed by atoms with E-state index in [1.54, 1.807) is 29.4 Å². The minimum absolute atomic E-state index is 0.299. The zero-order valence-electron chi connectivity index (χ0n) is 22.4. The fourth-order valence-corrected chi connectivity index (χ4v) is 6.15. The van der Waals surface area contributed by atoms with Gasteiger partial charge in [0.05, 0.1) is 34.2 Å². The molecule has 2 aliphatic rings. The van der Waals surface area contributed by atoms with E-state index in [9.17, 15) is 14.4 Å². The molecule has 11 heteroatoms. The van der Waals surface area contributed by atoms with Crippen LogP contribution in [0.4, 0.5) is 21.9 Å². The van der Waals surface area contributed by atoms with Gasteiger partial charge in [0.2, 0.25) is 5.91 Å². The van der Waals surface area contributed by atoms with Crippen molar-refractivity contribution in [3.05, 3.63) is 77.6 Å². The molecule has 41 heavy (non-hydrogen) atoms. The van der Waals surface area contributed by atoms with Crippen LogP contribution in [0, 0.1) is 13.8 Å². The summed E-state index contributed by atoms with van der Waals surface area (Å²) < 4.78 is 6.02. The lowest BCUT2D eigenvalue weighted by Gasteiger charge is -2.29. The lowest BCUT2D eigenvalue weighted by molar-refractivity contribution is -0.116. The molecule has 0 bridgehead atoms. The molecule has 1 atom stereocenters. The number of nitrogens with one attached hydrogen (secondary N) is 2. The Hall–Kier alpha value is -4.90. The smallest absolute Gasteiger partial charge is 0.331 e. The van der Waals surface area contributed by atoms with Gasteiger partial charge in [-0.15, -0.1) is 11.3 Å².